The van der Waals surface area contributed by atoms with Gasteiger partial charge in [0, 0.05) is 18.5 Å². The fourth-order valence-corrected chi connectivity index (χ4v) is 6.60. The van der Waals surface area contributed by atoms with Crippen LogP contribution in [0, 0.1) is 6.57 Å². The lowest BCUT2D eigenvalue weighted by Crippen LogP contribution is -2.35. The first kappa shape index (κ1) is 28.3. The molecule has 40 heavy (non-hydrogen) atoms. The van der Waals surface area contributed by atoms with Gasteiger partial charge >= 0.3 is 0 Å². The minimum atomic E-state index is -1.39. The first-order chi connectivity index (χ1) is 19.4. The summed E-state index contributed by atoms with van der Waals surface area (Å²) in [7, 11) is -1.39. The summed E-state index contributed by atoms with van der Waals surface area (Å²) in [6.07, 6.45) is 3.79. The predicted molar refractivity (Wildman–Crippen MR) is 149 cm³/mol. The van der Waals surface area contributed by atoms with Gasteiger partial charge in [-0.25, -0.2) is 21.2 Å². The van der Waals surface area contributed by atoms with Gasteiger partial charge in [0.25, 0.3) is 14.4 Å². The summed E-state index contributed by atoms with van der Waals surface area (Å²) >= 11 is 0. The highest BCUT2D eigenvalue weighted by Gasteiger charge is 2.41. The molecular weight excluding hydrogens is 533 g/mol. The monoisotopic (exact) mass is 567 g/mol. The zero-order valence-corrected chi connectivity index (χ0v) is 24.2. The average molecular weight is 568 g/mol. The van der Waals surface area contributed by atoms with Crippen molar-refractivity contribution in [1.29, 1.82) is 0 Å². The van der Waals surface area contributed by atoms with Crippen molar-refractivity contribution in [1.82, 2.24) is 39.3 Å². The Balaban J connectivity index is 1.37. The van der Waals surface area contributed by atoms with Gasteiger partial charge in [0.15, 0.2) is 11.2 Å². The number of nitrogens with zero attached hydrogens (tertiary/aromatic N) is 9. The van der Waals surface area contributed by atoms with E-state index in [4.69, 9.17) is 25.2 Å². The summed E-state index contributed by atoms with van der Waals surface area (Å²) in [6.45, 7) is 18.3. The summed E-state index contributed by atoms with van der Waals surface area (Å²) in [6, 6.07) is 7.93. The Morgan fingerprint density at radius 1 is 1.18 bits per heavy atom. The van der Waals surface area contributed by atoms with E-state index in [9.17, 15) is 0 Å². The van der Waals surface area contributed by atoms with Crippen LogP contribution in [0.2, 0.25) is 0 Å². The summed E-state index contributed by atoms with van der Waals surface area (Å²) in [5, 5.41) is 8.21. The van der Waals surface area contributed by atoms with E-state index < -0.39 is 8.53 Å². The lowest BCUT2D eigenvalue weighted by atomic mass is 10.1. The van der Waals surface area contributed by atoms with E-state index in [-0.39, 0.29) is 36.4 Å². The van der Waals surface area contributed by atoms with Gasteiger partial charge in [0.05, 0.1) is 18.5 Å². The van der Waals surface area contributed by atoms with Gasteiger partial charge in [-0.1, -0.05) is 23.9 Å². The molecule has 5 rings (SSSR count). The van der Waals surface area contributed by atoms with Crippen molar-refractivity contribution in [3.63, 3.8) is 0 Å². The molecule has 2 unspecified atom stereocenters. The maximum atomic E-state index is 7.13. The lowest BCUT2D eigenvalue weighted by molar-refractivity contribution is -0.0165. The van der Waals surface area contributed by atoms with Crippen molar-refractivity contribution in [2.45, 2.75) is 78.0 Å². The van der Waals surface area contributed by atoms with Crippen LogP contribution in [-0.4, -0.2) is 76.8 Å². The number of hydrogen-bond donors (Lipinski definition) is 0. The highest BCUT2D eigenvalue weighted by Crippen LogP contribution is 2.50. The molecule has 1 saturated heterocycles. The van der Waals surface area contributed by atoms with Crippen LogP contribution >= 0.6 is 8.53 Å². The minimum absolute atomic E-state index is 0.142. The molecule has 1 fully saturated rings. The van der Waals surface area contributed by atoms with E-state index in [1.165, 1.54) is 11.2 Å². The van der Waals surface area contributed by atoms with Crippen molar-refractivity contribution < 1.29 is 18.6 Å². The lowest BCUT2D eigenvalue weighted by Gasteiger charge is -2.37. The van der Waals surface area contributed by atoms with Crippen LogP contribution < -0.4 is 4.84 Å². The summed E-state index contributed by atoms with van der Waals surface area (Å²) in [5.41, 5.74) is 2.49. The summed E-state index contributed by atoms with van der Waals surface area (Å²) in [4.78, 5) is 24.1. The van der Waals surface area contributed by atoms with Gasteiger partial charge in [-0.15, -0.1) is 5.10 Å². The Hall–Kier alpha value is -3.27. The fraction of sp³-hybridized carbons (Fsp3) is 0.538. The Morgan fingerprint density at radius 2 is 1.98 bits per heavy atom. The van der Waals surface area contributed by atoms with Crippen LogP contribution in [0.25, 0.3) is 27.0 Å². The normalized spacial score (nSPS) is 20.2. The van der Waals surface area contributed by atoms with Crippen LogP contribution in [0.5, 0.6) is 5.88 Å². The third-order valence-corrected chi connectivity index (χ3v) is 8.75. The minimum Gasteiger partial charge on any atom is -0.352 e. The topological polar surface area (TPSA) is 119 Å². The van der Waals surface area contributed by atoms with Gasteiger partial charge in [-0.3, -0.25) is 4.57 Å². The van der Waals surface area contributed by atoms with Gasteiger partial charge in [0.1, 0.15) is 30.2 Å². The second-order valence-corrected chi connectivity index (χ2v) is 11.4. The Bertz CT molecular complexity index is 1460. The zero-order valence-electron chi connectivity index (χ0n) is 23.3. The SMILES string of the molecule is [C-]#[N+]CCOP(OC1C[C@H](n2cnc3c(On4nnc5ccccc54)ncnc32)O[C@@H]1CC)N(C(C)C)C(C)C. The predicted octanol–water partition coefficient (Wildman–Crippen LogP) is 4.78. The number of fused-ring (bicyclic) bond motifs is 2. The largest absolute Gasteiger partial charge is 0.352 e. The van der Waals surface area contributed by atoms with E-state index >= 15 is 0 Å². The quantitative estimate of drug-likeness (QED) is 0.134. The molecule has 0 saturated carbocycles. The molecule has 1 aliphatic heterocycles. The average Bonchev–Trinajstić information content (AvgIpc) is 3.65. The van der Waals surface area contributed by atoms with Crippen molar-refractivity contribution in [2.24, 2.45) is 0 Å². The number of aromatic nitrogens is 7. The number of hydrogen-bond acceptors (Lipinski definition) is 10. The maximum Gasteiger partial charge on any atom is 0.280 e. The Morgan fingerprint density at radius 3 is 2.73 bits per heavy atom. The first-order valence-electron chi connectivity index (χ1n) is 13.4. The van der Waals surface area contributed by atoms with Crippen molar-refractivity contribution in [3.05, 3.63) is 48.3 Å². The van der Waals surface area contributed by atoms with E-state index in [1.807, 2.05) is 28.8 Å². The molecule has 4 atom stereocenters. The van der Waals surface area contributed by atoms with Gasteiger partial charge < -0.3 is 23.5 Å². The smallest absolute Gasteiger partial charge is 0.280 e. The third kappa shape index (κ3) is 5.77. The number of rotatable bonds is 12. The van der Waals surface area contributed by atoms with Crippen LogP contribution in [0.1, 0.15) is 53.7 Å². The second-order valence-electron chi connectivity index (χ2n) is 9.98. The molecule has 0 aliphatic carbocycles. The van der Waals surface area contributed by atoms with Crippen molar-refractivity contribution in [3.8, 4) is 5.88 Å². The molecule has 3 aromatic heterocycles. The first-order valence-corrected chi connectivity index (χ1v) is 14.6. The zero-order chi connectivity index (χ0) is 28.2. The number of imidazole rings is 1. The molecule has 4 aromatic rings. The molecule has 0 bridgehead atoms. The molecule has 212 valence electrons. The van der Waals surface area contributed by atoms with Gasteiger partial charge in [-0.2, -0.15) is 4.98 Å². The molecule has 0 amide bonds. The third-order valence-electron chi connectivity index (χ3n) is 6.59. The van der Waals surface area contributed by atoms with E-state index in [2.05, 4.69) is 69.4 Å². The molecule has 4 heterocycles. The summed E-state index contributed by atoms with van der Waals surface area (Å²) in [5.74, 6) is 0.262. The standard InChI is InChI=1S/C26H34N9O4P/c1-7-21-22(39-40(36-13-12-27-6)34(17(2)3)18(4)5)14-23(37-21)33-16-30-24-25(33)28-15-29-26(24)38-35-20-11-9-8-10-19(20)31-32-35/h8-11,15-18,21-23H,7,12-14H2,1-5H3/t21-,22?,23-,40?/m1/s1. The van der Waals surface area contributed by atoms with Gasteiger partial charge in [0.2, 0.25) is 6.54 Å². The highest BCUT2D eigenvalue weighted by molar-refractivity contribution is 7.44. The molecule has 14 heteroatoms. The van der Waals surface area contributed by atoms with Crippen LogP contribution in [0.4, 0.5) is 0 Å². The van der Waals surface area contributed by atoms with Crippen LogP contribution in [0.3, 0.4) is 0 Å². The Labute approximate surface area is 234 Å². The van der Waals surface area contributed by atoms with E-state index in [0.717, 1.165) is 6.42 Å². The second kappa shape index (κ2) is 12.5. The Kier molecular flexibility index (Phi) is 8.83. The van der Waals surface area contributed by atoms with Crippen LogP contribution in [-0.2, 0) is 13.8 Å². The van der Waals surface area contributed by atoms with Crippen LogP contribution in [0.15, 0.2) is 36.9 Å². The van der Waals surface area contributed by atoms with E-state index in [0.29, 0.717) is 41.8 Å². The number of para-hydroxylation sites is 1. The number of ether oxygens (including phenoxy) is 1. The molecular formula is C26H34N9O4P. The molecule has 0 spiro atoms. The maximum absolute atomic E-state index is 7.13. The van der Waals surface area contributed by atoms with Crippen molar-refractivity contribution in [2.75, 3.05) is 13.2 Å². The van der Waals surface area contributed by atoms with Gasteiger partial charge in [-0.05, 0) is 51.5 Å². The highest BCUT2D eigenvalue weighted by atomic mass is 31.2. The van der Waals surface area contributed by atoms with Crippen molar-refractivity contribution >= 4 is 30.7 Å². The summed E-state index contributed by atoms with van der Waals surface area (Å²) < 4.78 is 23.4. The molecule has 1 aliphatic rings. The fourth-order valence-electron chi connectivity index (χ4n) is 4.85. The number of benzene rings is 1. The van der Waals surface area contributed by atoms with E-state index in [1.54, 1.807) is 6.33 Å². The molecule has 0 radical (unpaired) electrons. The molecule has 1 aromatic carbocycles. The molecule has 0 N–H and O–H groups in total. The molecule has 13 nitrogen and oxygen atoms in total.